The summed E-state index contributed by atoms with van der Waals surface area (Å²) in [7, 11) is 0. The lowest BCUT2D eigenvalue weighted by Crippen LogP contribution is -2.38. The van der Waals surface area contributed by atoms with Crippen LogP contribution in [-0.2, 0) is 19.1 Å². The fourth-order valence-electron chi connectivity index (χ4n) is 7.28. The lowest BCUT2D eigenvalue weighted by molar-refractivity contribution is -0.142. The highest BCUT2D eigenvalue weighted by Crippen LogP contribution is 2.36. The minimum Gasteiger partial charge on any atom is -0.368 e. The first-order valence-electron chi connectivity index (χ1n) is 15.5. The number of hydrogen-bond donors (Lipinski definition) is 2. The Bertz CT molecular complexity index is 1530. The van der Waals surface area contributed by atoms with Crippen LogP contribution in [0.2, 0.25) is 0 Å². The van der Waals surface area contributed by atoms with Gasteiger partial charge in [-0.1, -0.05) is 12.1 Å². The SMILES string of the molecule is O=C([C@H]1CCCO1)N1CCC[C@H]1c1nc2ccc(-c3ccc4nc([C@@H]5CCCN5C(=O)[C@H]5CCCO5)[nH]c4c3)cc2[nH]1. The van der Waals surface area contributed by atoms with Crippen molar-refractivity contribution in [3.63, 3.8) is 0 Å². The van der Waals surface area contributed by atoms with Gasteiger partial charge in [-0.3, -0.25) is 9.59 Å². The molecule has 4 fully saturated rings. The minimum atomic E-state index is -0.307. The maximum absolute atomic E-state index is 13.1. The van der Waals surface area contributed by atoms with Crippen LogP contribution in [0.5, 0.6) is 0 Å². The van der Waals surface area contributed by atoms with Crippen LogP contribution in [0.25, 0.3) is 33.2 Å². The zero-order valence-corrected chi connectivity index (χ0v) is 23.7. The Kier molecular flexibility index (Phi) is 6.48. The molecular weight excluding hydrogens is 532 g/mol. The molecule has 4 aliphatic heterocycles. The van der Waals surface area contributed by atoms with E-state index in [9.17, 15) is 9.59 Å². The molecule has 218 valence electrons. The van der Waals surface area contributed by atoms with E-state index in [0.717, 1.165) is 109 Å². The molecule has 0 bridgehead atoms. The Morgan fingerprint density at radius 1 is 0.667 bits per heavy atom. The second kappa shape index (κ2) is 10.5. The van der Waals surface area contributed by atoms with E-state index < -0.39 is 0 Å². The van der Waals surface area contributed by atoms with E-state index in [1.54, 1.807) is 0 Å². The highest BCUT2D eigenvalue weighted by atomic mass is 16.5. The Labute approximate surface area is 243 Å². The summed E-state index contributed by atoms with van der Waals surface area (Å²) in [5.41, 5.74) is 5.85. The summed E-state index contributed by atoms with van der Waals surface area (Å²) in [6, 6.07) is 12.4. The van der Waals surface area contributed by atoms with E-state index in [1.807, 2.05) is 21.9 Å². The quantitative estimate of drug-likeness (QED) is 0.358. The second-order valence-corrected chi connectivity index (χ2v) is 12.1. The van der Waals surface area contributed by atoms with Crippen molar-refractivity contribution in [1.29, 1.82) is 0 Å². The van der Waals surface area contributed by atoms with Gasteiger partial charge in [0.1, 0.15) is 23.9 Å². The van der Waals surface area contributed by atoms with Crippen LogP contribution in [0.3, 0.4) is 0 Å². The van der Waals surface area contributed by atoms with Crippen LogP contribution in [0.4, 0.5) is 0 Å². The van der Waals surface area contributed by atoms with E-state index in [1.165, 1.54) is 0 Å². The van der Waals surface area contributed by atoms with Gasteiger partial charge in [0.25, 0.3) is 11.8 Å². The van der Waals surface area contributed by atoms with Crippen molar-refractivity contribution in [2.24, 2.45) is 0 Å². The van der Waals surface area contributed by atoms with E-state index >= 15 is 0 Å². The zero-order chi connectivity index (χ0) is 28.2. The molecule has 0 unspecified atom stereocenters. The molecule has 6 heterocycles. The van der Waals surface area contributed by atoms with Crippen molar-refractivity contribution in [2.75, 3.05) is 26.3 Å². The number of imidazole rings is 2. The van der Waals surface area contributed by atoms with E-state index in [2.05, 4.69) is 34.2 Å². The number of H-pyrrole nitrogens is 2. The summed E-state index contributed by atoms with van der Waals surface area (Å²) >= 11 is 0. The lowest BCUT2D eigenvalue weighted by Gasteiger charge is -2.25. The van der Waals surface area contributed by atoms with Crippen LogP contribution in [-0.4, -0.2) is 80.1 Å². The second-order valence-electron chi connectivity index (χ2n) is 12.1. The molecule has 0 aliphatic carbocycles. The maximum Gasteiger partial charge on any atom is 0.252 e. The maximum atomic E-state index is 13.1. The van der Waals surface area contributed by atoms with E-state index in [4.69, 9.17) is 19.4 Å². The number of aromatic nitrogens is 4. The number of hydrogen-bond acceptors (Lipinski definition) is 6. The van der Waals surface area contributed by atoms with Gasteiger partial charge in [-0.2, -0.15) is 0 Å². The Hall–Kier alpha value is -3.76. The monoisotopic (exact) mass is 568 g/mol. The summed E-state index contributed by atoms with van der Waals surface area (Å²) in [5.74, 6) is 1.89. The molecule has 4 atom stereocenters. The molecule has 0 saturated carbocycles. The first kappa shape index (κ1) is 25.9. The number of benzene rings is 2. The fourth-order valence-corrected chi connectivity index (χ4v) is 7.28. The number of fused-ring (bicyclic) bond motifs is 2. The fraction of sp³-hybridized carbons (Fsp3) is 0.500. The smallest absolute Gasteiger partial charge is 0.252 e. The number of carbonyl (C=O) groups excluding carboxylic acids is 2. The molecule has 8 rings (SSSR count). The van der Waals surface area contributed by atoms with E-state index in [-0.39, 0.29) is 36.1 Å². The van der Waals surface area contributed by atoms with Crippen molar-refractivity contribution in [2.45, 2.75) is 75.7 Å². The highest BCUT2D eigenvalue weighted by Gasteiger charge is 2.38. The van der Waals surface area contributed by atoms with Gasteiger partial charge < -0.3 is 29.2 Å². The number of ether oxygens (including phenoxy) is 2. The third-order valence-electron chi connectivity index (χ3n) is 9.45. The summed E-state index contributed by atoms with van der Waals surface area (Å²) in [6.45, 7) is 2.84. The van der Waals surface area contributed by atoms with Crippen molar-refractivity contribution >= 4 is 33.9 Å². The Balaban J connectivity index is 1.04. The standard InChI is InChI=1S/C32H36N6O4/c39-31(27-7-3-15-41-27)37-13-1-5-25(37)29-33-21-11-9-19(17-23(21)35-29)20-10-12-22-24(18-20)36-30(34-22)26-6-2-14-38(26)32(40)28-8-4-16-42-28/h9-12,17-18,25-28H,1-8,13-16H2,(H,33,35)(H,34,36)/t25-,26-,27+,28+/m0/s1. The van der Waals surface area contributed by atoms with Crippen molar-refractivity contribution in [3.8, 4) is 11.1 Å². The zero-order valence-electron chi connectivity index (χ0n) is 23.7. The third-order valence-corrected chi connectivity index (χ3v) is 9.45. The van der Waals surface area contributed by atoms with Crippen molar-refractivity contribution in [1.82, 2.24) is 29.7 Å². The molecule has 4 saturated heterocycles. The third kappa shape index (κ3) is 4.48. The summed E-state index contributed by atoms with van der Waals surface area (Å²) < 4.78 is 11.4. The van der Waals surface area contributed by atoms with Gasteiger partial charge in [-0.25, -0.2) is 9.97 Å². The van der Waals surface area contributed by atoms with Gasteiger partial charge in [0.05, 0.1) is 34.2 Å². The number of nitrogens with one attached hydrogen (secondary N) is 2. The van der Waals surface area contributed by atoms with Crippen molar-refractivity contribution < 1.29 is 19.1 Å². The molecule has 42 heavy (non-hydrogen) atoms. The molecule has 4 aromatic rings. The predicted octanol–water partition coefficient (Wildman–Crippen LogP) is 4.79. The lowest BCUT2D eigenvalue weighted by atomic mass is 10.0. The van der Waals surface area contributed by atoms with Crippen LogP contribution in [0, 0.1) is 0 Å². The first-order valence-corrected chi connectivity index (χ1v) is 15.5. The summed E-state index contributed by atoms with van der Waals surface area (Å²) in [4.78, 5) is 47.0. The van der Waals surface area contributed by atoms with Crippen LogP contribution in [0.1, 0.15) is 75.1 Å². The average Bonchev–Trinajstić information content (AvgIpc) is 3.85. The number of amides is 2. The van der Waals surface area contributed by atoms with E-state index in [0.29, 0.717) is 13.2 Å². The summed E-state index contributed by atoms with van der Waals surface area (Å²) in [6.07, 6.45) is 6.64. The molecule has 0 radical (unpaired) electrons. The van der Waals surface area contributed by atoms with Crippen LogP contribution >= 0.6 is 0 Å². The number of aromatic amines is 2. The first-order chi connectivity index (χ1) is 20.6. The molecule has 4 aliphatic rings. The number of rotatable bonds is 5. The number of likely N-dealkylation sites (tertiary alicyclic amines) is 2. The van der Waals surface area contributed by atoms with Gasteiger partial charge in [0.2, 0.25) is 0 Å². The molecule has 2 aromatic heterocycles. The summed E-state index contributed by atoms with van der Waals surface area (Å²) in [5, 5.41) is 0. The largest absolute Gasteiger partial charge is 0.368 e. The van der Waals surface area contributed by atoms with Crippen LogP contribution in [0.15, 0.2) is 36.4 Å². The van der Waals surface area contributed by atoms with Crippen molar-refractivity contribution in [3.05, 3.63) is 48.0 Å². The average molecular weight is 569 g/mol. The molecular formula is C32H36N6O4. The van der Waals surface area contributed by atoms with Gasteiger partial charge in [-0.05, 0) is 86.8 Å². The molecule has 2 N–H and O–H groups in total. The normalized spacial score (nSPS) is 26.3. The predicted molar refractivity (Wildman–Crippen MR) is 157 cm³/mol. The van der Waals surface area contributed by atoms with Gasteiger partial charge >= 0.3 is 0 Å². The molecule has 0 spiro atoms. The Morgan fingerprint density at radius 3 is 1.57 bits per heavy atom. The Morgan fingerprint density at radius 2 is 1.14 bits per heavy atom. The number of nitrogens with zero attached hydrogens (tertiary/aromatic N) is 4. The molecule has 10 heteroatoms. The van der Waals surface area contributed by atoms with Crippen LogP contribution < -0.4 is 0 Å². The minimum absolute atomic E-state index is 0.0421. The molecule has 2 aromatic carbocycles. The van der Waals surface area contributed by atoms with Gasteiger partial charge in [-0.15, -0.1) is 0 Å². The number of carbonyl (C=O) groups is 2. The molecule has 10 nitrogen and oxygen atoms in total. The topological polar surface area (TPSA) is 116 Å². The van der Waals surface area contributed by atoms with Gasteiger partial charge in [0.15, 0.2) is 0 Å². The van der Waals surface area contributed by atoms with Gasteiger partial charge in [0, 0.05) is 26.3 Å². The molecule has 2 amide bonds. The highest BCUT2D eigenvalue weighted by molar-refractivity contribution is 5.87.